The van der Waals surface area contributed by atoms with Crippen LogP contribution in [0.1, 0.15) is 20.9 Å². The number of aromatic nitrogens is 4. The normalized spacial score (nSPS) is 10.9. The van der Waals surface area contributed by atoms with Crippen molar-refractivity contribution in [3.05, 3.63) is 64.9 Å². The summed E-state index contributed by atoms with van der Waals surface area (Å²) in [4.78, 5) is 30.2. The molecule has 4 aromatic rings. The van der Waals surface area contributed by atoms with Crippen molar-refractivity contribution in [1.82, 2.24) is 25.3 Å². The van der Waals surface area contributed by atoms with Crippen LogP contribution in [0, 0.1) is 12.7 Å². The predicted molar refractivity (Wildman–Crippen MR) is 115 cm³/mol. The second-order valence-corrected chi connectivity index (χ2v) is 7.81. The molecule has 3 aromatic heterocycles. The fourth-order valence-corrected chi connectivity index (χ4v) is 3.95. The second-order valence-electron chi connectivity index (χ2n) is 6.58. The van der Waals surface area contributed by atoms with E-state index in [2.05, 4.69) is 30.6 Å². The third-order valence-corrected chi connectivity index (χ3v) is 5.57. The third kappa shape index (κ3) is 3.97. The molecule has 1 amide bonds. The largest absolute Gasteiger partial charge is 0.370 e. The number of halogens is 1. The van der Waals surface area contributed by atoms with E-state index in [1.165, 1.54) is 31.7 Å². The van der Waals surface area contributed by atoms with Gasteiger partial charge in [0, 0.05) is 37.4 Å². The van der Waals surface area contributed by atoms with E-state index >= 15 is 0 Å². The quantitative estimate of drug-likeness (QED) is 0.493. The summed E-state index contributed by atoms with van der Waals surface area (Å²) in [6.45, 7) is 2.51. The molecule has 3 heterocycles. The maximum atomic E-state index is 14.5. The van der Waals surface area contributed by atoms with Crippen molar-refractivity contribution in [1.29, 1.82) is 0 Å². The Kier molecular flexibility index (Phi) is 5.62. The van der Waals surface area contributed by atoms with E-state index < -0.39 is 5.82 Å². The first-order chi connectivity index (χ1) is 14.6. The Hall–Kier alpha value is -3.46. The van der Waals surface area contributed by atoms with Gasteiger partial charge in [0.05, 0.1) is 26.7 Å². The van der Waals surface area contributed by atoms with E-state index in [1.807, 2.05) is 13.0 Å². The van der Waals surface area contributed by atoms with E-state index in [0.717, 1.165) is 21.1 Å². The molecule has 0 aliphatic rings. The molecule has 152 valence electrons. The number of rotatable bonds is 6. The highest BCUT2D eigenvalue weighted by Gasteiger charge is 2.15. The average molecular weight is 422 g/mol. The van der Waals surface area contributed by atoms with Gasteiger partial charge in [0.1, 0.15) is 18.0 Å². The highest BCUT2D eigenvalue weighted by molar-refractivity contribution is 7.15. The molecular formula is C21H19FN6OS. The summed E-state index contributed by atoms with van der Waals surface area (Å²) in [6, 6.07) is 6.47. The number of hydrogen-bond donors (Lipinski definition) is 2. The maximum absolute atomic E-state index is 14.5. The number of nitrogens with one attached hydrogen (secondary N) is 2. The smallest absolute Gasteiger partial charge is 0.251 e. The van der Waals surface area contributed by atoms with Crippen LogP contribution in [-0.4, -0.2) is 39.4 Å². The van der Waals surface area contributed by atoms with Gasteiger partial charge in [-0.1, -0.05) is 6.07 Å². The predicted octanol–water partition coefficient (Wildman–Crippen LogP) is 3.61. The van der Waals surface area contributed by atoms with Crippen LogP contribution >= 0.6 is 11.3 Å². The standard InChI is InChI=1S/C21H19FN6OS/c1-12-26-10-17(30-12)16-9-18(28-11-27-16)24-7-5-13-3-4-15(22)19-14(21(29)23-2)6-8-25-20(13)19/h3-4,6,8-11H,5,7H2,1-2H3,(H,23,29)(H,24,27,28). The van der Waals surface area contributed by atoms with Gasteiger partial charge in [-0.05, 0) is 31.0 Å². The summed E-state index contributed by atoms with van der Waals surface area (Å²) in [5, 5.41) is 7.02. The summed E-state index contributed by atoms with van der Waals surface area (Å²) in [5.74, 6) is -0.117. The zero-order valence-corrected chi connectivity index (χ0v) is 17.3. The molecule has 0 radical (unpaired) electrons. The SMILES string of the molecule is CNC(=O)c1ccnc2c(CCNc3cc(-c4cnc(C)s4)ncn3)ccc(F)c12. The molecule has 0 fully saturated rings. The van der Waals surface area contributed by atoms with E-state index in [-0.39, 0.29) is 16.9 Å². The summed E-state index contributed by atoms with van der Waals surface area (Å²) in [7, 11) is 1.52. The molecule has 1 aromatic carbocycles. The topological polar surface area (TPSA) is 92.7 Å². The minimum absolute atomic E-state index is 0.235. The van der Waals surface area contributed by atoms with Crippen LogP contribution in [-0.2, 0) is 6.42 Å². The van der Waals surface area contributed by atoms with Gasteiger partial charge >= 0.3 is 0 Å². The Bertz CT molecular complexity index is 1230. The number of carbonyl (C=O) groups is 1. The molecule has 0 aliphatic carbocycles. The van der Waals surface area contributed by atoms with Gasteiger partial charge < -0.3 is 10.6 Å². The van der Waals surface area contributed by atoms with Crippen LogP contribution < -0.4 is 10.6 Å². The number of pyridine rings is 1. The van der Waals surface area contributed by atoms with Crippen molar-refractivity contribution in [2.75, 3.05) is 18.9 Å². The van der Waals surface area contributed by atoms with Crippen molar-refractivity contribution >= 4 is 34.0 Å². The highest BCUT2D eigenvalue weighted by Crippen LogP contribution is 2.26. The molecule has 7 nitrogen and oxygen atoms in total. The van der Waals surface area contributed by atoms with Crippen molar-refractivity contribution in [2.45, 2.75) is 13.3 Å². The molecule has 0 bridgehead atoms. The van der Waals surface area contributed by atoms with Crippen molar-refractivity contribution in [3.8, 4) is 10.6 Å². The Morgan fingerprint density at radius 2 is 2.03 bits per heavy atom. The number of fused-ring (bicyclic) bond motifs is 1. The number of aryl methyl sites for hydroxylation is 1. The van der Waals surface area contributed by atoms with Crippen LogP contribution in [0.4, 0.5) is 10.2 Å². The van der Waals surface area contributed by atoms with Crippen LogP contribution in [0.2, 0.25) is 0 Å². The molecule has 2 N–H and O–H groups in total. The van der Waals surface area contributed by atoms with Crippen LogP contribution in [0.3, 0.4) is 0 Å². The lowest BCUT2D eigenvalue weighted by molar-refractivity contribution is 0.0964. The summed E-state index contributed by atoms with van der Waals surface area (Å²) >= 11 is 1.57. The number of amides is 1. The van der Waals surface area contributed by atoms with Gasteiger partial charge in [0.2, 0.25) is 0 Å². The van der Waals surface area contributed by atoms with Gasteiger partial charge in [-0.25, -0.2) is 19.3 Å². The fraction of sp³-hybridized carbons (Fsp3) is 0.190. The van der Waals surface area contributed by atoms with Gasteiger partial charge in [0.25, 0.3) is 5.91 Å². The Balaban J connectivity index is 1.54. The third-order valence-electron chi connectivity index (χ3n) is 4.64. The maximum Gasteiger partial charge on any atom is 0.251 e. The molecule has 0 saturated carbocycles. The zero-order valence-electron chi connectivity index (χ0n) is 16.4. The lowest BCUT2D eigenvalue weighted by atomic mass is 10.0. The monoisotopic (exact) mass is 422 g/mol. The highest BCUT2D eigenvalue weighted by atomic mass is 32.1. The van der Waals surface area contributed by atoms with Crippen molar-refractivity contribution < 1.29 is 9.18 Å². The van der Waals surface area contributed by atoms with Crippen molar-refractivity contribution in [3.63, 3.8) is 0 Å². The summed E-state index contributed by atoms with van der Waals surface area (Å²) in [5.41, 5.74) is 2.41. The molecule has 0 aliphatic heterocycles. The fourth-order valence-electron chi connectivity index (χ4n) is 3.20. The van der Waals surface area contributed by atoms with E-state index in [1.54, 1.807) is 23.6 Å². The number of benzene rings is 1. The molecule has 9 heteroatoms. The number of carbonyl (C=O) groups excluding carboxylic acids is 1. The first-order valence-electron chi connectivity index (χ1n) is 9.33. The second kappa shape index (κ2) is 8.50. The average Bonchev–Trinajstić information content (AvgIpc) is 3.21. The molecule has 30 heavy (non-hydrogen) atoms. The lowest BCUT2D eigenvalue weighted by Gasteiger charge is -2.11. The molecule has 0 atom stereocenters. The Labute approximate surface area is 176 Å². The van der Waals surface area contributed by atoms with Crippen molar-refractivity contribution in [2.24, 2.45) is 0 Å². The number of anilines is 1. The Morgan fingerprint density at radius 1 is 1.17 bits per heavy atom. The zero-order chi connectivity index (χ0) is 21.1. The summed E-state index contributed by atoms with van der Waals surface area (Å²) < 4.78 is 14.5. The first kappa shape index (κ1) is 19.8. The van der Waals surface area contributed by atoms with Crippen LogP contribution in [0.25, 0.3) is 21.5 Å². The van der Waals surface area contributed by atoms with E-state index in [0.29, 0.717) is 24.3 Å². The summed E-state index contributed by atoms with van der Waals surface area (Å²) in [6.07, 6.45) is 5.42. The van der Waals surface area contributed by atoms with Gasteiger partial charge in [-0.3, -0.25) is 9.78 Å². The number of nitrogens with zero attached hydrogens (tertiary/aromatic N) is 4. The van der Waals surface area contributed by atoms with Crippen LogP contribution in [0.5, 0.6) is 0 Å². The molecule has 0 spiro atoms. The lowest BCUT2D eigenvalue weighted by Crippen LogP contribution is -2.18. The molecule has 4 rings (SSSR count). The van der Waals surface area contributed by atoms with Crippen LogP contribution in [0.15, 0.2) is 43.0 Å². The minimum atomic E-state index is -0.464. The van der Waals surface area contributed by atoms with E-state index in [9.17, 15) is 9.18 Å². The minimum Gasteiger partial charge on any atom is -0.370 e. The van der Waals surface area contributed by atoms with Gasteiger partial charge in [0.15, 0.2) is 0 Å². The Morgan fingerprint density at radius 3 is 2.80 bits per heavy atom. The molecule has 0 saturated heterocycles. The number of thiazole rings is 1. The van der Waals surface area contributed by atoms with Gasteiger partial charge in [-0.2, -0.15) is 0 Å². The number of hydrogen-bond acceptors (Lipinski definition) is 7. The first-order valence-corrected chi connectivity index (χ1v) is 10.2. The van der Waals surface area contributed by atoms with Gasteiger partial charge in [-0.15, -0.1) is 11.3 Å². The molecule has 0 unspecified atom stereocenters. The molecular weight excluding hydrogens is 403 g/mol. The van der Waals surface area contributed by atoms with E-state index in [4.69, 9.17) is 0 Å².